The van der Waals surface area contributed by atoms with Gasteiger partial charge in [0, 0.05) is 0 Å². The van der Waals surface area contributed by atoms with Gasteiger partial charge in [0.25, 0.3) is 0 Å². The van der Waals surface area contributed by atoms with Crippen LogP contribution in [0.25, 0.3) is 10.2 Å². The second kappa shape index (κ2) is 6.81. The maximum absolute atomic E-state index is 12.4. The number of amides is 1. The predicted octanol–water partition coefficient (Wildman–Crippen LogP) is 3.33. The lowest BCUT2D eigenvalue weighted by atomic mass is 9.82. The Hall–Kier alpha value is -1.37. The molecule has 0 bridgehead atoms. The lowest BCUT2D eigenvalue weighted by Gasteiger charge is -2.31. The number of ether oxygens (including phenoxy) is 1. The number of nitrogens with zero attached hydrogens (tertiary/aromatic N) is 1. The molecule has 3 rings (SSSR count). The zero-order chi connectivity index (χ0) is 14.9. The van der Waals surface area contributed by atoms with E-state index >= 15 is 0 Å². The number of benzene rings is 1. The minimum absolute atomic E-state index is 0. The third-order valence-corrected chi connectivity index (χ3v) is 4.96. The Morgan fingerprint density at radius 2 is 2.09 bits per heavy atom. The number of halogens is 1. The van der Waals surface area contributed by atoms with E-state index in [9.17, 15) is 4.79 Å². The summed E-state index contributed by atoms with van der Waals surface area (Å²) in [6, 6.07) is 5.74. The van der Waals surface area contributed by atoms with Crippen LogP contribution in [0.15, 0.2) is 18.2 Å². The molecule has 0 aliphatic heterocycles. The molecule has 1 fully saturated rings. The first-order chi connectivity index (χ1) is 10.1. The van der Waals surface area contributed by atoms with Gasteiger partial charge >= 0.3 is 0 Å². The van der Waals surface area contributed by atoms with Gasteiger partial charge in [-0.15, -0.1) is 12.4 Å². The predicted molar refractivity (Wildman–Crippen MR) is 92.1 cm³/mol. The van der Waals surface area contributed by atoms with Crippen LogP contribution in [-0.4, -0.2) is 23.5 Å². The summed E-state index contributed by atoms with van der Waals surface area (Å²) in [5.41, 5.74) is 6.26. The van der Waals surface area contributed by atoms with E-state index in [1.165, 1.54) is 11.3 Å². The molecule has 2 aromatic rings. The summed E-state index contributed by atoms with van der Waals surface area (Å²) in [5.74, 6) is 0.588. The van der Waals surface area contributed by atoms with Crippen LogP contribution in [-0.2, 0) is 4.79 Å². The molecule has 1 aliphatic carbocycles. The number of nitrogens with one attached hydrogen (secondary N) is 1. The van der Waals surface area contributed by atoms with Gasteiger partial charge in [0.05, 0.1) is 17.3 Å². The van der Waals surface area contributed by atoms with Gasteiger partial charge in [-0.05, 0) is 25.0 Å². The highest BCUT2D eigenvalue weighted by Crippen LogP contribution is 2.33. The molecule has 0 spiro atoms. The van der Waals surface area contributed by atoms with Gasteiger partial charge in [-0.2, -0.15) is 0 Å². The normalized spacial score (nSPS) is 16.8. The van der Waals surface area contributed by atoms with E-state index in [1.54, 1.807) is 7.11 Å². The molecule has 0 unspecified atom stereocenters. The van der Waals surface area contributed by atoms with Crippen molar-refractivity contribution in [2.24, 2.45) is 5.73 Å². The number of nitrogens with two attached hydrogens (primary N) is 1. The molecular weight excluding hydrogens is 322 g/mol. The summed E-state index contributed by atoms with van der Waals surface area (Å²) in [6.07, 6.45) is 4.67. The van der Waals surface area contributed by atoms with Crippen molar-refractivity contribution in [2.75, 3.05) is 12.4 Å². The van der Waals surface area contributed by atoms with Crippen LogP contribution >= 0.6 is 23.7 Å². The first kappa shape index (κ1) is 17.0. The fraction of sp³-hybridized carbons (Fsp3) is 0.467. The molecule has 120 valence electrons. The van der Waals surface area contributed by atoms with E-state index in [-0.39, 0.29) is 18.3 Å². The molecule has 3 N–H and O–H groups in total. The van der Waals surface area contributed by atoms with Crippen LogP contribution in [0.2, 0.25) is 0 Å². The minimum Gasteiger partial charge on any atom is -0.494 e. The second-order valence-corrected chi connectivity index (χ2v) is 6.53. The van der Waals surface area contributed by atoms with E-state index in [1.807, 2.05) is 18.2 Å². The van der Waals surface area contributed by atoms with Crippen molar-refractivity contribution in [1.82, 2.24) is 4.98 Å². The number of thiazole rings is 1. The van der Waals surface area contributed by atoms with Crippen LogP contribution in [0.4, 0.5) is 5.13 Å². The SMILES string of the molecule is COc1cccc2sc(NC(=O)C3(N)CCCCC3)nc12.Cl. The quantitative estimate of drug-likeness (QED) is 0.897. The van der Waals surface area contributed by atoms with Gasteiger partial charge < -0.3 is 15.8 Å². The first-order valence-electron chi connectivity index (χ1n) is 7.16. The topological polar surface area (TPSA) is 77.2 Å². The molecule has 0 saturated heterocycles. The van der Waals surface area contributed by atoms with Crippen molar-refractivity contribution in [1.29, 1.82) is 0 Å². The Kier molecular flexibility index (Phi) is 5.26. The fourth-order valence-electron chi connectivity index (χ4n) is 2.77. The average molecular weight is 342 g/mol. The van der Waals surface area contributed by atoms with Crippen LogP contribution in [0.1, 0.15) is 32.1 Å². The number of hydrogen-bond donors (Lipinski definition) is 2. The van der Waals surface area contributed by atoms with E-state index < -0.39 is 5.54 Å². The fourth-order valence-corrected chi connectivity index (χ4v) is 3.65. The Bertz CT molecular complexity index is 668. The Balaban J connectivity index is 0.00000176. The monoisotopic (exact) mass is 341 g/mol. The molecule has 1 heterocycles. The smallest absolute Gasteiger partial charge is 0.246 e. The zero-order valence-corrected chi connectivity index (χ0v) is 14.1. The van der Waals surface area contributed by atoms with Gasteiger partial charge in [0.15, 0.2) is 5.13 Å². The van der Waals surface area contributed by atoms with Crippen molar-refractivity contribution >= 4 is 45.0 Å². The van der Waals surface area contributed by atoms with Gasteiger partial charge in [-0.25, -0.2) is 4.98 Å². The largest absolute Gasteiger partial charge is 0.494 e. The summed E-state index contributed by atoms with van der Waals surface area (Å²) in [6.45, 7) is 0. The molecule has 1 aliphatic rings. The number of para-hydroxylation sites is 1. The van der Waals surface area contributed by atoms with Gasteiger partial charge in [0.1, 0.15) is 11.3 Å². The van der Waals surface area contributed by atoms with Crippen molar-refractivity contribution < 1.29 is 9.53 Å². The summed E-state index contributed by atoms with van der Waals surface area (Å²) in [5, 5.41) is 3.46. The number of hydrogen-bond acceptors (Lipinski definition) is 5. The molecule has 0 atom stereocenters. The number of methoxy groups -OCH3 is 1. The van der Waals surface area contributed by atoms with E-state index in [0.717, 1.165) is 42.3 Å². The number of aromatic nitrogens is 1. The van der Waals surface area contributed by atoms with Crippen LogP contribution in [0.5, 0.6) is 5.75 Å². The van der Waals surface area contributed by atoms with E-state index in [4.69, 9.17) is 10.5 Å². The Morgan fingerprint density at radius 1 is 1.36 bits per heavy atom. The molecule has 7 heteroatoms. The summed E-state index contributed by atoms with van der Waals surface area (Å²) in [7, 11) is 1.61. The first-order valence-corrected chi connectivity index (χ1v) is 7.98. The number of carbonyl (C=O) groups is 1. The molecule has 1 amide bonds. The number of fused-ring (bicyclic) bond motifs is 1. The number of carbonyl (C=O) groups excluding carboxylic acids is 1. The molecule has 1 saturated carbocycles. The molecule has 5 nitrogen and oxygen atoms in total. The van der Waals surface area contributed by atoms with Gasteiger partial charge in [0.2, 0.25) is 5.91 Å². The third kappa shape index (κ3) is 3.19. The number of rotatable bonds is 3. The van der Waals surface area contributed by atoms with Crippen LogP contribution < -0.4 is 15.8 Å². The highest BCUT2D eigenvalue weighted by Gasteiger charge is 2.35. The van der Waals surface area contributed by atoms with E-state index in [2.05, 4.69) is 10.3 Å². The standard InChI is InChI=1S/C15H19N3O2S.ClH/c1-20-10-6-5-7-11-12(10)17-14(21-11)18-13(19)15(16)8-3-2-4-9-15;/h5-7H,2-4,8-9,16H2,1H3,(H,17,18,19);1H. The van der Waals surface area contributed by atoms with Crippen LogP contribution in [0, 0.1) is 0 Å². The average Bonchev–Trinajstić information content (AvgIpc) is 2.90. The van der Waals surface area contributed by atoms with Gasteiger partial charge in [-0.3, -0.25) is 4.79 Å². The molecular formula is C15H20ClN3O2S. The van der Waals surface area contributed by atoms with Crippen molar-refractivity contribution in [3.8, 4) is 5.75 Å². The molecule has 22 heavy (non-hydrogen) atoms. The maximum Gasteiger partial charge on any atom is 0.246 e. The highest BCUT2D eigenvalue weighted by molar-refractivity contribution is 7.22. The lowest BCUT2D eigenvalue weighted by molar-refractivity contribution is -0.122. The molecule has 1 aromatic carbocycles. The maximum atomic E-state index is 12.4. The Morgan fingerprint density at radius 3 is 2.77 bits per heavy atom. The third-order valence-electron chi connectivity index (χ3n) is 4.02. The summed E-state index contributed by atoms with van der Waals surface area (Å²) < 4.78 is 6.27. The number of anilines is 1. The summed E-state index contributed by atoms with van der Waals surface area (Å²) >= 11 is 1.44. The van der Waals surface area contributed by atoms with Crippen molar-refractivity contribution in [3.05, 3.63) is 18.2 Å². The van der Waals surface area contributed by atoms with Crippen molar-refractivity contribution in [3.63, 3.8) is 0 Å². The minimum atomic E-state index is -0.750. The lowest BCUT2D eigenvalue weighted by Crippen LogP contribution is -2.52. The van der Waals surface area contributed by atoms with Crippen LogP contribution in [0.3, 0.4) is 0 Å². The van der Waals surface area contributed by atoms with Gasteiger partial charge in [-0.1, -0.05) is 36.7 Å². The molecule has 0 radical (unpaired) electrons. The second-order valence-electron chi connectivity index (χ2n) is 5.50. The van der Waals surface area contributed by atoms with E-state index in [0.29, 0.717) is 10.9 Å². The Labute approximate surface area is 139 Å². The zero-order valence-electron chi connectivity index (χ0n) is 12.4. The highest BCUT2D eigenvalue weighted by atomic mass is 35.5. The molecule has 1 aromatic heterocycles. The summed E-state index contributed by atoms with van der Waals surface area (Å²) in [4.78, 5) is 16.9. The van der Waals surface area contributed by atoms with Crippen molar-refractivity contribution in [2.45, 2.75) is 37.6 Å².